The van der Waals surface area contributed by atoms with Gasteiger partial charge in [0.2, 0.25) is 11.8 Å². The Balaban J connectivity index is 1.91. The van der Waals surface area contributed by atoms with Gasteiger partial charge in [-0.15, -0.1) is 0 Å². The normalized spacial score (nSPS) is 32.1. The molecule has 0 aromatic rings. The largest absolute Gasteiger partial charge is 0.350 e. The van der Waals surface area contributed by atoms with Gasteiger partial charge in [-0.2, -0.15) is 0 Å². The Labute approximate surface area is 140 Å². The number of rotatable bonds is 5. The van der Waals surface area contributed by atoms with Crippen LogP contribution in [0, 0.1) is 5.92 Å². The van der Waals surface area contributed by atoms with Crippen LogP contribution in [0.5, 0.6) is 0 Å². The van der Waals surface area contributed by atoms with Crippen LogP contribution in [-0.2, 0) is 9.59 Å². The minimum Gasteiger partial charge on any atom is -0.350 e. The molecule has 5 nitrogen and oxygen atoms in total. The summed E-state index contributed by atoms with van der Waals surface area (Å²) < 4.78 is 0. The predicted octanol–water partition coefficient (Wildman–Crippen LogP) is 2.01. The summed E-state index contributed by atoms with van der Waals surface area (Å²) in [6.07, 6.45) is 5.76. The number of carbonyl (C=O) groups is 2. The first kappa shape index (κ1) is 18.2. The predicted molar refractivity (Wildman–Crippen MR) is 92.1 cm³/mol. The SMILES string of the molecule is CCC[C@@H]1CN(C(C)=O)C[C@H]1NC(=O)CN1[C@H](C)CCC[C@@H]1C. The summed E-state index contributed by atoms with van der Waals surface area (Å²) in [5.74, 6) is 0.618. The molecule has 0 spiro atoms. The molecule has 0 bridgehead atoms. The van der Waals surface area contributed by atoms with Crippen LogP contribution < -0.4 is 5.32 Å². The number of hydrogen-bond donors (Lipinski definition) is 1. The molecule has 4 atom stereocenters. The van der Waals surface area contributed by atoms with Crippen molar-refractivity contribution < 1.29 is 9.59 Å². The van der Waals surface area contributed by atoms with Crippen LogP contribution in [0.1, 0.15) is 59.8 Å². The van der Waals surface area contributed by atoms with Crippen molar-refractivity contribution in [2.45, 2.75) is 77.9 Å². The number of hydrogen-bond acceptors (Lipinski definition) is 3. The van der Waals surface area contributed by atoms with E-state index >= 15 is 0 Å². The average molecular weight is 323 g/mol. The maximum atomic E-state index is 12.5. The van der Waals surface area contributed by atoms with Crippen LogP contribution in [-0.4, -0.2) is 59.4 Å². The zero-order valence-electron chi connectivity index (χ0n) is 15.2. The summed E-state index contributed by atoms with van der Waals surface area (Å²) in [6, 6.07) is 1.07. The number of nitrogens with one attached hydrogen (secondary N) is 1. The smallest absolute Gasteiger partial charge is 0.234 e. The van der Waals surface area contributed by atoms with E-state index in [0.29, 0.717) is 31.1 Å². The second kappa shape index (κ2) is 8.13. The van der Waals surface area contributed by atoms with Crippen molar-refractivity contribution in [2.24, 2.45) is 5.92 Å². The van der Waals surface area contributed by atoms with E-state index in [0.717, 1.165) is 19.4 Å². The van der Waals surface area contributed by atoms with Gasteiger partial charge in [0.1, 0.15) is 0 Å². The molecule has 0 radical (unpaired) electrons. The minimum atomic E-state index is 0.112. The Hall–Kier alpha value is -1.10. The topological polar surface area (TPSA) is 52.7 Å². The molecule has 2 heterocycles. The number of likely N-dealkylation sites (tertiary alicyclic amines) is 2. The van der Waals surface area contributed by atoms with Gasteiger partial charge in [0.25, 0.3) is 0 Å². The lowest BCUT2D eigenvalue weighted by atomic mass is 9.97. The van der Waals surface area contributed by atoms with E-state index in [2.05, 4.69) is 31.0 Å². The lowest BCUT2D eigenvalue weighted by Gasteiger charge is -2.38. The number of nitrogens with zero attached hydrogens (tertiary/aromatic N) is 2. The van der Waals surface area contributed by atoms with Gasteiger partial charge in [0.15, 0.2) is 0 Å². The van der Waals surface area contributed by atoms with Crippen LogP contribution in [0.3, 0.4) is 0 Å². The fourth-order valence-corrected chi connectivity index (χ4v) is 4.16. The monoisotopic (exact) mass is 323 g/mol. The van der Waals surface area contributed by atoms with Crippen molar-refractivity contribution in [1.82, 2.24) is 15.1 Å². The third kappa shape index (κ3) is 4.69. The van der Waals surface area contributed by atoms with Gasteiger partial charge >= 0.3 is 0 Å². The van der Waals surface area contributed by atoms with Gasteiger partial charge in [0.05, 0.1) is 12.6 Å². The van der Waals surface area contributed by atoms with Gasteiger partial charge in [0, 0.05) is 32.1 Å². The second-order valence-electron chi connectivity index (χ2n) is 7.45. The van der Waals surface area contributed by atoms with Gasteiger partial charge in [-0.1, -0.05) is 19.8 Å². The average Bonchev–Trinajstić information content (AvgIpc) is 2.87. The molecule has 132 valence electrons. The van der Waals surface area contributed by atoms with E-state index in [4.69, 9.17) is 0 Å². The lowest BCUT2D eigenvalue weighted by molar-refractivity contribution is -0.128. The highest BCUT2D eigenvalue weighted by Gasteiger charge is 2.35. The molecule has 2 aliphatic rings. The molecule has 2 rings (SSSR count). The van der Waals surface area contributed by atoms with E-state index in [1.165, 1.54) is 19.3 Å². The molecule has 0 aliphatic carbocycles. The highest BCUT2D eigenvalue weighted by molar-refractivity contribution is 5.79. The molecule has 1 N–H and O–H groups in total. The first-order chi connectivity index (χ1) is 10.9. The highest BCUT2D eigenvalue weighted by Crippen LogP contribution is 2.24. The molecule has 2 fully saturated rings. The number of amides is 2. The third-order valence-electron chi connectivity index (χ3n) is 5.59. The Kier molecular flexibility index (Phi) is 6.45. The summed E-state index contributed by atoms with van der Waals surface area (Å²) in [6.45, 7) is 10.1. The first-order valence-corrected chi connectivity index (χ1v) is 9.23. The van der Waals surface area contributed by atoms with Crippen LogP contribution in [0.15, 0.2) is 0 Å². The molecular weight excluding hydrogens is 290 g/mol. The minimum absolute atomic E-state index is 0.112. The van der Waals surface area contributed by atoms with Crippen molar-refractivity contribution >= 4 is 11.8 Å². The summed E-state index contributed by atoms with van der Waals surface area (Å²) in [4.78, 5) is 28.4. The standard InChI is InChI=1S/C18H33N3O2/c1-5-7-16-10-20(15(4)22)11-17(16)19-18(23)12-21-13(2)8-6-9-14(21)3/h13-14,16-17H,5-12H2,1-4H3,(H,19,23)/t13-,14+,16-,17-/m1/s1. The fourth-order valence-electron chi connectivity index (χ4n) is 4.16. The molecule has 0 aromatic carbocycles. The third-order valence-corrected chi connectivity index (χ3v) is 5.59. The summed E-state index contributed by atoms with van der Waals surface area (Å²) >= 11 is 0. The van der Waals surface area contributed by atoms with Crippen molar-refractivity contribution in [2.75, 3.05) is 19.6 Å². The summed E-state index contributed by atoms with van der Waals surface area (Å²) in [5.41, 5.74) is 0. The van der Waals surface area contributed by atoms with E-state index in [1.807, 2.05) is 4.90 Å². The molecule has 0 aromatic heterocycles. The van der Waals surface area contributed by atoms with Crippen molar-refractivity contribution in [3.8, 4) is 0 Å². The molecule has 5 heteroatoms. The first-order valence-electron chi connectivity index (χ1n) is 9.23. The zero-order valence-corrected chi connectivity index (χ0v) is 15.2. The molecule has 2 aliphatic heterocycles. The van der Waals surface area contributed by atoms with Gasteiger partial charge in [-0.3, -0.25) is 14.5 Å². The summed E-state index contributed by atoms with van der Waals surface area (Å²) in [5, 5.41) is 3.21. The lowest BCUT2D eigenvalue weighted by Crippen LogP contribution is -2.51. The zero-order chi connectivity index (χ0) is 17.0. The number of carbonyl (C=O) groups excluding carboxylic acids is 2. The van der Waals surface area contributed by atoms with Gasteiger partial charge in [-0.25, -0.2) is 0 Å². The van der Waals surface area contributed by atoms with Crippen LogP contribution in [0.4, 0.5) is 0 Å². The van der Waals surface area contributed by atoms with Crippen LogP contribution >= 0.6 is 0 Å². The van der Waals surface area contributed by atoms with Crippen LogP contribution in [0.25, 0.3) is 0 Å². The molecular formula is C18H33N3O2. The maximum absolute atomic E-state index is 12.5. The number of piperidine rings is 1. The Morgan fingerprint density at radius 1 is 1.13 bits per heavy atom. The van der Waals surface area contributed by atoms with E-state index < -0.39 is 0 Å². The molecule has 0 unspecified atom stereocenters. The van der Waals surface area contributed by atoms with E-state index in [1.54, 1.807) is 6.92 Å². The van der Waals surface area contributed by atoms with E-state index in [-0.39, 0.29) is 17.9 Å². The highest BCUT2D eigenvalue weighted by atomic mass is 16.2. The molecule has 23 heavy (non-hydrogen) atoms. The second-order valence-corrected chi connectivity index (χ2v) is 7.45. The Morgan fingerprint density at radius 3 is 2.35 bits per heavy atom. The van der Waals surface area contributed by atoms with Gasteiger partial charge < -0.3 is 10.2 Å². The van der Waals surface area contributed by atoms with E-state index in [9.17, 15) is 9.59 Å². The summed E-state index contributed by atoms with van der Waals surface area (Å²) in [7, 11) is 0. The van der Waals surface area contributed by atoms with Crippen molar-refractivity contribution in [3.05, 3.63) is 0 Å². The van der Waals surface area contributed by atoms with Crippen molar-refractivity contribution in [3.63, 3.8) is 0 Å². The van der Waals surface area contributed by atoms with Crippen molar-refractivity contribution in [1.29, 1.82) is 0 Å². The molecule has 2 amide bonds. The maximum Gasteiger partial charge on any atom is 0.234 e. The Bertz CT molecular complexity index is 416. The Morgan fingerprint density at radius 2 is 1.78 bits per heavy atom. The van der Waals surface area contributed by atoms with Crippen LogP contribution in [0.2, 0.25) is 0 Å². The van der Waals surface area contributed by atoms with Gasteiger partial charge in [-0.05, 0) is 39.0 Å². The quantitative estimate of drug-likeness (QED) is 0.842. The molecule has 0 saturated carbocycles. The fraction of sp³-hybridized carbons (Fsp3) is 0.889. The molecule has 2 saturated heterocycles.